The fourth-order valence-corrected chi connectivity index (χ4v) is 4.26. The molecule has 4 aromatic rings. The molecule has 0 unspecified atom stereocenters. The minimum absolute atomic E-state index is 0.0478. The molecule has 0 aliphatic rings. The summed E-state index contributed by atoms with van der Waals surface area (Å²) in [5.41, 5.74) is 2.48. The lowest BCUT2D eigenvalue weighted by atomic mass is 10.1. The van der Waals surface area contributed by atoms with Gasteiger partial charge in [0.05, 0.1) is 22.4 Å². The van der Waals surface area contributed by atoms with Crippen molar-refractivity contribution in [1.82, 2.24) is 14.9 Å². The van der Waals surface area contributed by atoms with Crippen LogP contribution in [-0.2, 0) is 0 Å². The van der Waals surface area contributed by atoms with Crippen molar-refractivity contribution >= 4 is 43.5 Å². The molecule has 4 rings (SSSR count). The van der Waals surface area contributed by atoms with Crippen LogP contribution in [-0.4, -0.2) is 54.6 Å². The van der Waals surface area contributed by atoms with Crippen LogP contribution in [0.5, 0.6) is 5.75 Å². The highest BCUT2D eigenvalue weighted by atomic mass is 32.1. The first kappa shape index (κ1) is 19.4. The van der Waals surface area contributed by atoms with Crippen LogP contribution >= 0.6 is 11.3 Å². The third-order valence-corrected chi connectivity index (χ3v) is 5.77. The molecule has 2 aromatic heterocycles. The van der Waals surface area contributed by atoms with Crippen LogP contribution in [0, 0.1) is 0 Å². The molecule has 0 radical (unpaired) electrons. The average molecular weight is 409 g/mol. The highest BCUT2D eigenvalue weighted by Crippen LogP contribution is 2.33. The molecule has 0 saturated heterocycles. The van der Waals surface area contributed by atoms with Gasteiger partial charge in [-0.25, -0.2) is 4.98 Å². The van der Waals surface area contributed by atoms with E-state index in [0.717, 1.165) is 33.4 Å². The fraction of sp³-hybridized carbons (Fsp3) is 0.273. The van der Waals surface area contributed by atoms with Gasteiger partial charge in [0, 0.05) is 30.2 Å². The summed E-state index contributed by atoms with van der Waals surface area (Å²) in [6, 6.07) is 13.7. The molecule has 0 saturated carbocycles. The Morgan fingerprint density at radius 2 is 2.00 bits per heavy atom. The van der Waals surface area contributed by atoms with E-state index >= 15 is 0 Å². The van der Waals surface area contributed by atoms with Crippen LogP contribution in [0.3, 0.4) is 0 Å². The van der Waals surface area contributed by atoms with E-state index in [9.17, 15) is 4.79 Å². The van der Waals surface area contributed by atoms with Gasteiger partial charge in [-0.15, -0.1) is 0 Å². The number of hydrogen-bond acceptors (Lipinski definition) is 5. The van der Waals surface area contributed by atoms with Crippen LogP contribution in [0.25, 0.3) is 21.1 Å². The van der Waals surface area contributed by atoms with Gasteiger partial charge in [-0.3, -0.25) is 9.69 Å². The molecule has 29 heavy (non-hydrogen) atoms. The molecule has 1 N–H and O–H groups in total. The zero-order valence-corrected chi connectivity index (χ0v) is 17.6. The van der Waals surface area contributed by atoms with E-state index in [-0.39, 0.29) is 5.91 Å². The third-order valence-electron chi connectivity index (χ3n) is 4.73. The number of thiazole rings is 1. The van der Waals surface area contributed by atoms with Crippen molar-refractivity contribution in [3.8, 4) is 5.75 Å². The second kappa shape index (κ2) is 8.23. The number of nitrogens with one attached hydrogen (secondary N) is 1. The van der Waals surface area contributed by atoms with Gasteiger partial charge in [0.2, 0.25) is 0 Å². The van der Waals surface area contributed by atoms with Crippen molar-refractivity contribution < 1.29 is 9.53 Å². The van der Waals surface area contributed by atoms with Crippen LogP contribution in [0.4, 0.5) is 5.13 Å². The molecule has 0 aliphatic carbocycles. The predicted molar refractivity (Wildman–Crippen MR) is 119 cm³/mol. The van der Waals surface area contributed by atoms with Crippen LogP contribution in [0.1, 0.15) is 17.3 Å². The number of para-hydroxylation sites is 1. The molecular formula is C22H24N4O2S. The Kier molecular flexibility index (Phi) is 5.51. The first-order chi connectivity index (χ1) is 14.1. The molecule has 1 amide bonds. The number of ether oxygens (including phenoxy) is 1. The van der Waals surface area contributed by atoms with E-state index in [1.807, 2.05) is 63.5 Å². The number of hydrogen-bond donors (Lipinski definition) is 1. The minimum atomic E-state index is -0.0478. The summed E-state index contributed by atoms with van der Waals surface area (Å²) < 4.78 is 6.61. The standard InChI is InChI=1S/C22H24N4O2S/c1-4-28-15-9-10-19-20(13-15)29-22(24-19)26(12-11-25(2)3)21(27)17-14-23-18-8-6-5-7-16(17)18/h5-10,13-14,23H,4,11-12H2,1-3H3. The Bertz CT molecular complexity index is 1150. The van der Waals surface area contributed by atoms with Crippen molar-refractivity contribution in [2.75, 3.05) is 38.7 Å². The number of rotatable bonds is 7. The summed E-state index contributed by atoms with van der Waals surface area (Å²) in [5.74, 6) is 0.770. The lowest BCUT2D eigenvalue weighted by molar-refractivity contribution is 0.0987. The Morgan fingerprint density at radius 3 is 2.79 bits per heavy atom. The van der Waals surface area contributed by atoms with Crippen molar-refractivity contribution in [2.24, 2.45) is 0 Å². The number of likely N-dealkylation sites (N-methyl/N-ethyl adjacent to an activating group) is 1. The lowest BCUT2D eigenvalue weighted by Gasteiger charge is -2.21. The maximum Gasteiger partial charge on any atom is 0.262 e. The van der Waals surface area contributed by atoms with Gasteiger partial charge < -0.3 is 14.6 Å². The molecule has 0 fully saturated rings. The number of nitrogens with zero attached hydrogens (tertiary/aromatic N) is 3. The van der Waals surface area contributed by atoms with E-state index in [1.54, 1.807) is 11.1 Å². The molecule has 0 atom stereocenters. The van der Waals surface area contributed by atoms with Crippen molar-refractivity contribution in [3.05, 3.63) is 54.2 Å². The van der Waals surface area contributed by atoms with E-state index in [4.69, 9.17) is 9.72 Å². The van der Waals surface area contributed by atoms with E-state index in [1.165, 1.54) is 11.3 Å². The monoisotopic (exact) mass is 408 g/mol. The quantitative estimate of drug-likeness (QED) is 0.493. The maximum absolute atomic E-state index is 13.5. The predicted octanol–water partition coefficient (Wildman–Crippen LogP) is 4.38. The maximum atomic E-state index is 13.5. The second-order valence-corrected chi connectivity index (χ2v) is 8.08. The molecule has 7 heteroatoms. The molecule has 0 spiro atoms. The summed E-state index contributed by atoms with van der Waals surface area (Å²) in [5, 5.41) is 1.62. The molecular weight excluding hydrogens is 384 g/mol. The topological polar surface area (TPSA) is 61.5 Å². The highest BCUT2D eigenvalue weighted by Gasteiger charge is 2.23. The SMILES string of the molecule is CCOc1ccc2nc(N(CCN(C)C)C(=O)c3c[nH]c4ccccc34)sc2c1. The number of aromatic amines is 1. The van der Waals surface area contributed by atoms with Crippen LogP contribution < -0.4 is 9.64 Å². The van der Waals surface area contributed by atoms with E-state index < -0.39 is 0 Å². The molecule has 2 heterocycles. The molecule has 0 aliphatic heterocycles. The van der Waals surface area contributed by atoms with Crippen molar-refractivity contribution in [2.45, 2.75) is 6.92 Å². The largest absolute Gasteiger partial charge is 0.494 e. The van der Waals surface area contributed by atoms with Gasteiger partial charge in [-0.05, 0) is 45.3 Å². The smallest absolute Gasteiger partial charge is 0.262 e. The summed E-state index contributed by atoms with van der Waals surface area (Å²) in [6.07, 6.45) is 1.79. The number of carbonyl (C=O) groups is 1. The second-order valence-electron chi connectivity index (χ2n) is 7.07. The van der Waals surface area contributed by atoms with E-state index in [2.05, 4.69) is 9.88 Å². The Morgan fingerprint density at radius 1 is 1.17 bits per heavy atom. The number of benzene rings is 2. The molecule has 150 valence electrons. The average Bonchev–Trinajstić information content (AvgIpc) is 3.31. The summed E-state index contributed by atoms with van der Waals surface area (Å²) in [7, 11) is 4.00. The highest BCUT2D eigenvalue weighted by molar-refractivity contribution is 7.22. The van der Waals surface area contributed by atoms with Crippen molar-refractivity contribution in [3.63, 3.8) is 0 Å². The summed E-state index contributed by atoms with van der Waals surface area (Å²) in [4.78, 5) is 25.3. The summed E-state index contributed by atoms with van der Waals surface area (Å²) >= 11 is 1.51. The molecule has 2 aromatic carbocycles. The zero-order chi connectivity index (χ0) is 20.4. The van der Waals surface area contributed by atoms with Crippen molar-refractivity contribution in [1.29, 1.82) is 0 Å². The Hall–Kier alpha value is -2.90. The zero-order valence-electron chi connectivity index (χ0n) is 16.8. The van der Waals surface area contributed by atoms with Gasteiger partial charge in [0.25, 0.3) is 5.91 Å². The van der Waals surface area contributed by atoms with E-state index in [0.29, 0.717) is 23.8 Å². The normalized spacial score (nSPS) is 11.4. The van der Waals surface area contributed by atoms with Gasteiger partial charge in [-0.1, -0.05) is 29.5 Å². The molecule has 0 bridgehead atoms. The van der Waals surface area contributed by atoms with Crippen LogP contribution in [0.2, 0.25) is 0 Å². The Balaban J connectivity index is 1.73. The van der Waals surface area contributed by atoms with Gasteiger partial charge >= 0.3 is 0 Å². The minimum Gasteiger partial charge on any atom is -0.494 e. The first-order valence-electron chi connectivity index (χ1n) is 9.63. The van der Waals surface area contributed by atoms with Crippen LogP contribution in [0.15, 0.2) is 48.7 Å². The number of H-pyrrole nitrogens is 1. The van der Waals surface area contributed by atoms with Gasteiger partial charge in [0.1, 0.15) is 5.75 Å². The fourth-order valence-electron chi connectivity index (χ4n) is 3.24. The first-order valence-corrected chi connectivity index (χ1v) is 10.4. The number of fused-ring (bicyclic) bond motifs is 2. The number of amides is 1. The van der Waals surface area contributed by atoms with Gasteiger partial charge in [-0.2, -0.15) is 0 Å². The van der Waals surface area contributed by atoms with Gasteiger partial charge in [0.15, 0.2) is 5.13 Å². The molecule has 6 nitrogen and oxygen atoms in total. The lowest BCUT2D eigenvalue weighted by Crippen LogP contribution is -2.36. The number of aromatic nitrogens is 2. The number of anilines is 1. The Labute approximate surface area is 173 Å². The third kappa shape index (κ3) is 3.97. The summed E-state index contributed by atoms with van der Waals surface area (Å²) in [6.45, 7) is 3.88. The number of carbonyl (C=O) groups excluding carboxylic acids is 1.